The maximum atomic E-state index is 10.6. The minimum atomic E-state index is -1.33. The Kier molecular flexibility index (Phi) is 10.3. The van der Waals surface area contributed by atoms with Crippen molar-refractivity contribution < 1.29 is 51.1 Å². The van der Waals surface area contributed by atoms with E-state index in [2.05, 4.69) is 11.5 Å². The van der Waals surface area contributed by atoms with Crippen LogP contribution in [0.15, 0.2) is 24.3 Å². The third-order valence-corrected chi connectivity index (χ3v) is 5.88. The standard InChI is InChI=1S/C8H6O4.2C7H13NO2/c9-7(10)5-1-2-6(4-3-5)8(11)12;2*8-7(6(9)10)4-2-1-3-5-7/h1-4H,(H,9,10)(H,11,12);2*1-5,8H2,(H,9,10). The van der Waals surface area contributed by atoms with Gasteiger partial charge in [0.2, 0.25) is 0 Å². The van der Waals surface area contributed by atoms with Gasteiger partial charge in [0, 0.05) is 25.7 Å². The molecule has 0 aromatic heterocycles. The highest BCUT2D eigenvalue weighted by molar-refractivity contribution is 5.89. The molecule has 10 nitrogen and oxygen atoms in total. The van der Waals surface area contributed by atoms with Gasteiger partial charge in [-0.25, -0.2) is 9.59 Å². The molecule has 2 aliphatic rings. The number of carboxylic acids is 4. The van der Waals surface area contributed by atoms with Crippen molar-refractivity contribution >= 4 is 23.9 Å². The van der Waals surface area contributed by atoms with Crippen molar-refractivity contribution in [1.82, 2.24) is 0 Å². The van der Waals surface area contributed by atoms with Gasteiger partial charge < -0.3 is 41.5 Å². The number of hydrogen-bond acceptors (Lipinski definition) is 6. The lowest BCUT2D eigenvalue weighted by Crippen LogP contribution is -2.77. The van der Waals surface area contributed by atoms with Crippen molar-refractivity contribution in [2.75, 3.05) is 0 Å². The molecule has 2 fully saturated rings. The van der Waals surface area contributed by atoms with Gasteiger partial charge >= 0.3 is 11.9 Å². The molecule has 10 heteroatoms. The predicted molar refractivity (Wildman–Crippen MR) is 108 cm³/mol. The van der Waals surface area contributed by atoms with Gasteiger partial charge in [-0.1, -0.05) is 37.1 Å². The highest BCUT2D eigenvalue weighted by Crippen LogP contribution is 2.24. The summed E-state index contributed by atoms with van der Waals surface area (Å²) < 4.78 is 0. The molecule has 2 aliphatic carbocycles. The fraction of sp³-hybridized carbons (Fsp3) is 0.545. The van der Waals surface area contributed by atoms with Crippen LogP contribution in [-0.4, -0.2) is 45.2 Å². The van der Waals surface area contributed by atoms with Gasteiger partial charge in [0.15, 0.2) is 11.1 Å². The van der Waals surface area contributed by atoms with E-state index in [1.165, 1.54) is 12.8 Å². The molecule has 8 N–H and O–H groups in total. The van der Waals surface area contributed by atoms with Crippen LogP contribution in [0.5, 0.6) is 0 Å². The molecule has 32 heavy (non-hydrogen) atoms. The summed E-state index contributed by atoms with van der Waals surface area (Å²) in [5.74, 6) is -4.13. The number of carbonyl (C=O) groups is 4. The van der Waals surface area contributed by atoms with Crippen LogP contribution in [0.25, 0.3) is 0 Å². The molecular formula is C22H32N2O8. The van der Waals surface area contributed by atoms with Crippen molar-refractivity contribution in [3.05, 3.63) is 35.4 Å². The fourth-order valence-electron chi connectivity index (χ4n) is 3.63. The number of carbonyl (C=O) groups excluding carboxylic acids is 2. The number of aromatic carboxylic acids is 2. The average molecular weight is 453 g/mol. The maximum absolute atomic E-state index is 10.6. The van der Waals surface area contributed by atoms with Crippen LogP contribution in [0, 0.1) is 0 Å². The van der Waals surface area contributed by atoms with Crippen molar-refractivity contribution in [3.63, 3.8) is 0 Å². The smallest absolute Gasteiger partial charge is 0.365 e. The third-order valence-electron chi connectivity index (χ3n) is 5.88. The summed E-state index contributed by atoms with van der Waals surface area (Å²) >= 11 is 0. The summed E-state index contributed by atoms with van der Waals surface area (Å²) in [6.07, 6.45) is 9.45. The lowest BCUT2D eigenvalue weighted by Gasteiger charge is -2.24. The van der Waals surface area contributed by atoms with Crippen LogP contribution in [0.2, 0.25) is 0 Å². The molecule has 0 saturated heterocycles. The molecule has 178 valence electrons. The van der Waals surface area contributed by atoms with Gasteiger partial charge in [-0.2, -0.15) is 0 Å². The lowest BCUT2D eigenvalue weighted by molar-refractivity contribution is -0.468. The third kappa shape index (κ3) is 8.27. The summed E-state index contributed by atoms with van der Waals surface area (Å²) in [6, 6.07) is 4.61. The summed E-state index contributed by atoms with van der Waals surface area (Å²) in [4.78, 5) is 41.6. The Labute approximate surface area is 186 Å². The molecular weight excluding hydrogens is 420 g/mol. The number of rotatable bonds is 4. The maximum Gasteiger partial charge on any atom is 0.365 e. The van der Waals surface area contributed by atoms with Gasteiger partial charge in [0.1, 0.15) is 0 Å². The van der Waals surface area contributed by atoms with Crippen LogP contribution in [0.1, 0.15) is 84.9 Å². The average Bonchev–Trinajstić information content (AvgIpc) is 2.75. The van der Waals surface area contributed by atoms with Crippen LogP contribution in [0.4, 0.5) is 0 Å². The zero-order valence-corrected chi connectivity index (χ0v) is 18.1. The Morgan fingerprint density at radius 3 is 1.03 bits per heavy atom. The van der Waals surface area contributed by atoms with Gasteiger partial charge in [-0.3, -0.25) is 0 Å². The number of hydrogen-bond donors (Lipinski definition) is 4. The second-order valence-electron chi connectivity index (χ2n) is 8.44. The minimum absolute atomic E-state index is 0.0556. The van der Waals surface area contributed by atoms with Gasteiger partial charge in [0.25, 0.3) is 0 Å². The molecule has 1 aromatic carbocycles. The second kappa shape index (κ2) is 12.2. The Balaban J connectivity index is 0.000000241. The first-order valence-corrected chi connectivity index (χ1v) is 10.6. The minimum Gasteiger partial charge on any atom is -0.545 e. The quantitative estimate of drug-likeness (QED) is 0.419. The summed E-state index contributed by atoms with van der Waals surface area (Å²) in [6.45, 7) is 0. The van der Waals surface area contributed by atoms with Crippen molar-refractivity contribution in [2.24, 2.45) is 0 Å². The topological polar surface area (TPSA) is 210 Å². The molecule has 0 unspecified atom stereocenters. The second-order valence-corrected chi connectivity index (χ2v) is 8.44. The normalized spacial score (nSPS) is 18.6. The first-order valence-electron chi connectivity index (χ1n) is 10.6. The zero-order valence-electron chi connectivity index (χ0n) is 18.1. The van der Waals surface area contributed by atoms with Crippen molar-refractivity contribution in [1.29, 1.82) is 0 Å². The molecule has 0 aliphatic heterocycles. The van der Waals surface area contributed by atoms with E-state index in [1.54, 1.807) is 0 Å². The Hall–Kier alpha value is -2.98. The molecule has 0 bridgehead atoms. The molecule has 1 aromatic rings. The number of carboxylic acid groups (broad SMARTS) is 4. The largest absolute Gasteiger partial charge is 0.545 e. The van der Waals surface area contributed by atoms with E-state index in [9.17, 15) is 29.4 Å². The first-order chi connectivity index (χ1) is 14.9. The predicted octanol–water partition coefficient (Wildman–Crippen LogP) is -1.55. The Bertz CT molecular complexity index is 728. The fourth-order valence-corrected chi connectivity index (χ4v) is 3.63. The first kappa shape index (κ1) is 27.1. The van der Waals surface area contributed by atoms with E-state index in [4.69, 9.17) is 10.2 Å². The monoisotopic (exact) mass is 452 g/mol. The zero-order chi connectivity index (χ0) is 24.4. The number of benzene rings is 1. The van der Waals surface area contributed by atoms with Crippen LogP contribution < -0.4 is 21.7 Å². The van der Waals surface area contributed by atoms with Gasteiger partial charge in [-0.05, 0) is 36.8 Å². The Morgan fingerprint density at radius 2 is 0.875 bits per heavy atom. The summed E-state index contributed by atoms with van der Waals surface area (Å²) in [5, 5.41) is 37.9. The van der Waals surface area contributed by atoms with E-state index < -0.39 is 35.0 Å². The molecule has 0 spiro atoms. The van der Waals surface area contributed by atoms with Crippen LogP contribution in [-0.2, 0) is 9.59 Å². The molecule has 0 atom stereocenters. The molecule has 2 saturated carbocycles. The molecule has 3 rings (SSSR count). The van der Waals surface area contributed by atoms with E-state index in [-0.39, 0.29) is 11.1 Å². The SMILES string of the molecule is O=C([O-])c1ccc(C(=O)[O-])cc1.[NH3+]C1(C(=O)O)CCCCC1.[NH3+]C1(C(=O)O)CCCCC1. The number of quaternary nitrogens is 2. The summed E-state index contributed by atoms with van der Waals surface area (Å²) in [5.41, 5.74) is 6.04. The van der Waals surface area contributed by atoms with Crippen molar-refractivity contribution in [3.8, 4) is 0 Å². The van der Waals surface area contributed by atoms with Gasteiger partial charge in [0.05, 0.1) is 11.9 Å². The van der Waals surface area contributed by atoms with E-state index in [0.29, 0.717) is 0 Å². The molecule has 0 radical (unpaired) electrons. The van der Waals surface area contributed by atoms with E-state index in [0.717, 1.165) is 75.6 Å². The molecule has 0 heterocycles. The van der Waals surface area contributed by atoms with E-state index >= 15 is 0 Å². The highest BCUT2D eigenvalue weighted by Gasteiger charge is 2.39. The van der Waals surface area contributed by atoms with E-state index in [1.807, 2.05) is 0 Å². The summed E-state index contributed by atoms with van der Waals surface area (Å²) in [7, 11) is 0. The van der Waals surface area contributed by atoms with Crippen LogP contribution >= 0.6 is 0 Å². The van der Waals surface area contributed by atoms with Gasteiger partial charge in [-0.15, -0.1) is 0 Å². The Morgan fingerprint density at radius 1 is 0.625 bits per heavy atom. The van der Waals surface area contributed by atoms with Crippen LogP contribution in [0.3, 0.4) is 0 Å². The lowest BCUT2D eigenvalue weighted by atomic mass is 9.83. The van der Waals surface area contributed by atoms with Crippen molar-refractivity contribution in [2.45, 2.75) is 75.3 Å². The number of aliphatic carboxylic acids is 2. The molecule has 0 amide bonds. The highest BCUT2D eigenvalue weighted by atomic mass is 16.4.